The van der Waals surface area contributed by atoms with Crippen molar-refractivity contribution in [3.8, 4) is 16.9 Å². The number of allylic oxidation sites excluding steroid dienone is 2. The molecule has 4 rings (SSSR count). The first-order valence-electron chi connectivity index (χ1n) is 13.4. The average molecular weight is 467 g/mol. The van der Waals surface area contributed by atoms with Crippen LogP contribution in [-0.4, -0.2) is 6.61 Å². The molecule has 0 aliphatic heterocycles. The Bertz CT molecular complexity index is 933. The fourth-order valence-corrected chi connectivity index (χ4v) is 5.98. The van der Waals surface area contributed by atoms with Crippen molar-refractivity contribution in [1.82, 2.24) is 0 Å². The maximum atomic E-state index is 14.5. The number of hydrogen-bond donors (Lipinski definition) is 0. The van der Waals surface area contributed by atoms with Gasteiger partial charge in [0, 0.05) is 5.56 Å². The molecular formula is C31H40F2O. The van der Waals surface area contributed by atoms with Gasteiger partial charge in [-0.3, -0.25) is 0 Å². The molecule has 0 saturated heterocycles. The van der Waals surface area contributed by atoms with Gasteiger partial charge in [0.1, 0.15) is 0 Å². The summed E-state index contributed by atoms with van der Waals surface area (Å²) in [5, 5.41) is 0. The molecule has 0 N–H and O–H groups in total. The summed E-state index contributed by atoms with van der Waals surface area (Å²) >= 11 is 0. The van der Waals surface area contributed by atoms with Crippen molar-refractivity contribution in [2.24, 2.45) is 23.7 Å². The molecule has 2 aliphatic carbocycles. The number of hydrogen-bond acceptors (Lipinski definition) is 1. The van der Waals surface area contributed by atoms with Gasteiger partial charge in [-0.05, 0) is 105 Å². The monoisotopic (exact) mass is 466 g/mol. The first-order valence-corrected chi connectivity index (χ1v) is 13.4. The van der Waals surface area contributed by atoms with Gasteiger partial charge >= 0.3 is 0 Å². The lowest BCUT2D eigenvalue weighted by atomic mass is 9.69. The highest BCUT2D eigenvalue weighted by atomic mass is 19.2. The molecule has 34 heavy (non-hydrogen) atoms. The number of rotatable bonds is 8. The van der Waals surface area contributed by atoms with Crippen LogP contribution in [0, 0.1) is 35.3 Å². The van der Waals surface area contributed by atoms with E-state index in [1.165, 1.54) is 63.0 Å². The molecule has 0 amide bonds. The number of aryl methyl sites for hydroxylation is 1. The fraction of sp³-hybridized carbons (Fsp3) is 0.548. The summed E-state index contributed by atoms with van der Waals surface area (Å²) in [4.78, 5) is 0. The topological polar surface area (TPSA) is 9.23 Å². The molecule has 0 aromatic heterocycles. The summed E-state index contributed by atoms with van der Waals surface area (Å²) in [5.41, 5.74) is 2.17. The summed E-state index contributed by atoms with van der Waals surface area (Å²) in [7, 11) is 0. The zero-order valence-corrected chi connectivity index (χ0v) is 20.9. The van der Waals surface area contributed by atoms with E-state index in [2.05, 4.69) is 19.1 Å². The largest absolute Gasteiger partial charge is 0.491 e. The first kappa shape index (κ1) is 24.9. The van der Waals surface area contributed by atoms with Crippen molar-refractivity contribution in [2.75, 3.05) is 6.61 Å². The predicted molar refractivity (Wildman–Crippen MR) is 137 cm³/mol. The molecule has 2 aromatic rings. The van der Waals surface area contributed by atoms with Crippen LogP contribution >= 0.6 is 0 Å². The quantitative estimate of drug-likeness (QED) is 0.352. The maximum absolute atomic E-state index is 14.5. The Kier molecular flexibility index (Phi) is 8.80. The Balaban J connectivity index is 1.23. The van der Waals surface area contributed by atoms with Gasteiger partial charge in [0.15, 0.2) is 11.6 Å². The summed E-state index contributed by atoms with van der Waals surface area (Å²) in [5.74, 6) is 1.86. The molecule has 2 fully saturated rings. The van der Waals surface area contributed by atoms with Crippen LogP contribution in [0.1, 0.15) is 77.2 Å². The Labute approximate surface area is 204 Å². The lowest BCUT2D eigenvalue weighted by Gasteiger charge is -2.36. The molecule has 0 spiro atoms. The van der Waals surface area contributed by atoms with Crippen LogP contribution < -0.4 is 4.74 Å². The second-order valence-corrected chi connectivity index (χ2v) is 10.5. The van der Waals surface area contributed by atoms with Gasteiger partial charge in [0.2, 0.25) is 5.82 Å². The van der Waals surface area contributed by atoms with E-state index < -0.39 is 11.6 Å². The molecule has 2 saturated carbocycles. The third-order valence-corrected chi connectivity index (χ3v) is 8.16. The van der Waals surface area contributed by atoms with Crippen molar-refractivity contribution in [1.29, 1.82) is 0 Å². The maximum Gasteiger partial charge on any atom is 0.201 e. The molecule has 184 valence electrons. The lowest BCUT2D eigenvalue weighted by Crippen LogP contribution is -2.24. The summed E-state index contributed by atoms with van der Waals surface area (Å²) in [6.07, 6.45) is 18.1. The van der Waals surface area contributed by atoms with Crippen molar-refractivity contribution in [3.63, 3.8) is 0 Å². The Morgan fingerprint density at radius 1 is 0.824 bits per heavy atom. The second-order valence-electron chi connectivity index (χ2n) is 10.5. The van der Waals surface area contributed by atoms with E-state index in [0.717, 1.165) is 36.5 Å². The lowest BCUT2D eigenvalue weighted by molar-refractivity contribution is 0.160. The third-order valence-electron chi connectivity index (χ3n) is 8.16. The van der Waals surface area contributed by atoms with Crippen molar-refractivity contribution in [2.45, 2.75) is 78.1 Å². The van der Waals surface area contributed by atoms with Crippen molar-refractivity contribution in [3.05, 3.63) is 65.7 Å². The van der Waals surface area contributed by atoms with Gasteiger partial charge in [-0.2, -0.15) is 4.39 Å². The van der Waals surface area contributed by atoms with Gasteiger partial charge in [0.25, 0.3) is 0 Å². The van der Waals surface area contributed by atoms with Gasteiger partial charge in [-0.25, -0.2) is 4.39 Å². The van der Waals surface area contributed by atoms with Gasteiger partial charge in [-0.1, -0.05) is 56.2 Å². The Morgan fingerprint density at radius 3 is 2.12 bits per heavy atom. The molecule has 3 heteroatoms. The van der Waals surface area contributed by atoms with Crippen molar-refractivity contribution >= 4 is 0 Å². The van der Waals surface area contributed by atoms with Crippen LogP contribution in [0.25, 0.3) is 11.1 Å². The van der Waals surface area contributed by atoms with Crippen LogP contribution in [0.2, 0.25) is 0 Å². The Hall–Kier alpha value is -2.16. The smallest absolute Gasteiger partial charge is 0.201 e. The zero-order valence-electron chi connectivity index (χ0n) is 20.9. The van der Waals surface area contributed by atoms with Crippen LogP contribution in [0.3, 0.4) is 0 Å². The van der Waals surface area contributed by atoms with Crippen LogP contribution in [-0.2, 0) is 6.42 Å². The van der Waals surface area contributed by atoms with Crippen LogP contribution in [0.15, 0.2) is 48.6 Å². The molecule has 2 aliphatic rings. The number of halogens is 2. The van der Waals surface area contributed by atoms with Gasteiger partial charge < -0.3 is 4.74 Å². The van der Waals surface area contributed by atoms with E-state index >= 15 is 0 Å². The molecule has 0 bridgehead atoms. The summed E-state index contributed by atoms with van der Waals surface area (Å²) < 4.78 is 33.8. The van der Waals surface area contributed by atoms with Crippen LogP contribution in [0.5, 0.6) is 5.75 Å². The molecule has 1 nitrogen and oxygen atoms in total. The van der Waals surface area contributed by atoms with E-state index in [9.17, 15) is 8.78 Å². The third kappa shape index (κ3) is 6.29. The predicted octanol–water partition coefficient (Wildman–Crippen LogP) is 9.15. The minimum atomic E-state index is -0.920. The minimum Gasteiger partial charge on any atom is -0.491 e. The van der Waals surface area contributed by atoms with E-state index in [0.29, 0.717) is 12.2 Å². The molecule has 0 radical (unpaired) electrons. The summed E-state index contributed by atoms with van der Waals surface area (Å²) in [6, 6.07) is 10.9. The van der Waals surface area contributed by atoms with Gasteiger partial charge in [0.05, 0.1) is 6.61 Å². The number of ether oxygens (including phenoxy) is 1. The molecule has 0 heterocycles. The SMILES string of the molecule is CCOc1ccc(-c2ccc(CC/C=C/C3CCC(C4CCC(C)CC4)CC3)cc2)c(F)c1F. The first-order chi connectivity index (χ1) is 16.5. The van der Waals surface area contributed by atoms with Crippen molar-refractivity contribution < 1.29 is 13.5 Å². The van der Waals surface area contributed by atoms with E-state index in [1.807, 2.05) is 24.3 Å². The second kappa shape index (κ2) is 12.0. The molecule has 0 unspecified atom stereocenters. The highest BCUT2D eigenvalue weighted by Crippen LogP contribution is 2.41. The van der Waals surface area contributed by atoms with E-state index in [4.69, 9.17) is 4.74 Å². The number of benzene rings is 2. The highest BCUT2D eigenvalue weighted by Gasteiger charge is 2.29. The molecular weight excluding hydrogens is 426 g/mol. The highest BCUT2D eigenvalue weighted by molar-refractivity contribution is 5.65. The van der Waals surface area contributed by atoms with Gasteiger partial charge in [-0.15, -0.1) is 0 Å². The Morgan fingerprint density at radius 2 is 1.47 bits per heavy atom. The fourth-order valence-electron chi connectivity index (χ4n) is 5.98. The van der Waals surface area contributed by atoms with Crippen LogP contribution in [0.4, 0.5) is 8.78 Å². The normalized spacial score (nSPS) is 25.5. The van der Waals surface area contributed by atoms with E-state index in [1.54, 1.807) is 13.0 Å². The average Bonchev–Trinajstić information content (AvgIpc) is 2.86. The zero-order chi connectivity index (χ0) is 23.9. The summed E-state index contributed by atoms with van der Waals surface area (Å²) in [6.45, 7) is 4.47. The molecule has 0 atom stereocenters. The minimum absolute atomic E-state index is 0.0377. The standard InChI is InChI=1S/C31H40F2O/c1-3-34-29-21-20-28(30(32)31(29)33)27-18-12-24(13-19-27)7-5-4-6-23-10-16-26(17-11-23)25-14-8-22(2)9-15-25/h4,6,12-13,18-23,25-26H,3,5,7-11,14-17H2,1-2H3/b6-4+. The molecule has 2 aromatic carbocycles. The van der Waals surface area contributed by atoms with E-state index in [-0.39, 0.29) is 11.3 Å².